The van der Waals surface area contributed by atoms with Crippen LogP contribution in [0.15, 0.2) is 12.1 Å². The minimum absolute atomic E-state index is 0.116. The summed E-state index contributed by atoms with van der Waals surface area (Å²) < 4.78 is 19.9. The van der Waals surface area contributed by atoms with Gasteiger partial charge in [-0.3, -0.25) is 0 Å². The van der Waals surface area contributed by atoms with Crippen LogP contribution in [0.1, 0.15) is 43.9 Å². The van der Waals surface area contributed by atoms with Crippen LogP contribution in [0.25, 0.3) is 0 Å². The van der Waals surface area contributed by atoms with Gasteiger partial charge in [0.2, 0.25) is 0 Å². The fourth-order valence-electron chi connectivity index (χ4n) is 3.53. The van der Waals surface area contributed by atoms with E-state index in [9.17, 15) is 4.39 Å². The third-order valence-electron chi connectivity index (χ3n) is 4.67. The van der Waals surface area contributed by atoms with Gasteiger partial charge >= 0.3 is 0 Å². The fraction of sp³-hybridized carbons (Fsp3) is 0.647. The van der Waals surface area contributed by atoms with Crippen LogP contribution >= 0.6 is 0 Å². The molecule has 0 radical (unpaired) electrons. The quantitative estimate of drug-likeness (QED) is 0.922. The molecule has 2 aliphatic heterocycles. The lowest BCUT2D eigenvalue weighted by atomic mass is 10.0. The SMILES string of the molecule is CCNC(C)c1cc(F)c(C)cc1N1CC2CCC(C1)O2. The second-order valence-electron chi connectivity index (χ2n) is 6.30. The Kier molecular flexibility index (Phi) is 4.18. The summed E-state index contributed by atoms with van der Waals surface area (Å²) in [7, 11) is 0. The summed E-state index contributed by atoms with van der Waals surface area (Å²) in [6, 6.07) is 3.86. The summed E-state index contributed by atoms with van der Waals surface area (Å²) in [4.78, 5) is 2.39. The van der Waals surface area contributed by atoms with Gasteiger partial charge in [0, 0.05) is 24.8 Å². The van der Waals surface area contributed by atoms with E-state index < -0.39 is 0 Å². The van der Waals surface area contributed by atoms with E-state index in [0.29, 0.717) is 12.2 Å². The van der Waals surface area contributed by atoms with Crippen molar-refractivity contribution in [2.24, 2.45) is 0 Å². The molecule has 0 aromatic heterocycles. The smallest absolute Gasteiger partial charge is 0.126 e. The zero-order valence-corrected chi connectivity index (χ0v) is 13.2. The van der Waals surface area contributed by atoms with Crippen LogP contribution in [-0.2, 0) is 4.74 Å². The van der Waals surface area contributed by atoms with Crippen molar-refractivity contribution in [2.45, 2.75) is 51.9 Å². The summed E-state index contributed by atoms with van der Waals surface area (Å²) in [6.07, 6.45) is 2.99. The van der Waals surface area contributed by atoms with Crippen LogP contribution in [0.3, 0.4) is 0 Å². The summed E-state index contributed by atoms with van der Waals surface area (Å²) in [5, 5.41) is 3.40. The van der Waals surface area contributed by atoms with Gasteiger partial charge in [0.15, 0.2) is 0 Å². The van der Waals surface area contributed by atoms with Crippen LogP contribution in [-0.4, -0.2) is 31.8 Å². The number of hydrogen-bond acceptors (Lipinski definition) is 3. The zero-order valence-electron chi connectivity index (χ0n) is 13.2. The van der Waals surface area contributed by atoms with Crippen molar-refractivity contribution < 1.29 is 9.13 Å². The third kappa shape index (κ3) is 2.92. The second-order valence-corrected chi connectivity index (χ2v) is 6.30. The molecule has 1 aromatic carbocycles. The summed E-state index contributed by atoms with van der Waals surface area (Å²) in [5.74, 6) is -0.116. The molecule has 3 atom stereocenters. The van der Waals surface area contributed by atoms with Gasteiger partial charge < -0.3 is 15.0 Å². The molecule has 0 aliphatic carbocycles. The number of benzene rings is 1. The van der Waals surface area contributed by atoms with Crippen molar-refractivity contribution in [3.8, 4) is 0 Å². The Hall–Kier alpha value is -1.13. The lowest BCUT2D eigenvalue weighted by Crippen LogP contribution is -2.43. The van der Waals surface area contributed by atoms with Gasteiger partial charge in [0.05, 0.1) is 12.2 Å². The van der Waals surface area contributed by atoms with Crippen molar-refractivity contribution in [3.05, 3.63) is 29.1 Å². The molecule has 0 spiro atoms. The van der Waals surface area contributed by atoms with E-state index in [-0.39, 0.29) is 11.9 Å². The van der Waals surface area contributed by atoms with Gasteiger partial charge in [0.25, 0.3) is 0 Å². The highest BCUT2D eigenvalue weighted by atomic mass is 19.1. The second kappa shape index (κ2) is 5.93. The van der Waals surface area contributed by atoms with E-state index in [1.54, 1.807) is 6.07 Å². The molecule has 1 N–H and O–H groups in total. The predicted octanol–water partition coefficient (Wildman–Crippen LogP) is 3.17. The molecule has 2 saturated heterocycles. The zero-order chi connectivity index (χ0) is 15.0. The van der Waals surface area contributed by atoms with Crippen molar-refractivity contribution in [3.63, 3.8) is 0 Å². The number of ether oxygens (including phenoxy) is 1. The highest BCUT2D eigenvalue weighted by Crippen LogP contribution is 2.34. The van der Waals surface area contributed by atoms with Crippen LogP contribution in [0.2, 0.25) is 0 Å². The molecule has 0 amide bonds. The monoisotopic (exact) mass is 292 g/mol. The van der Waals surface area contributed by atoms with Crippen molar-refractivity contribution in [2.75, 3.05) is 24.5 Å². The molecule has 3 rings (SSSR count). The number of fused-ring (bicyclic) bond motifs is 2. The molecule has 3 unspecified atom stereocenters. The van der Waals surface area contributed by atoms with E-state index in [1.165, 1.54) is 5.69 Å². The molecule has 2 bridgehead atoms. The van der Waals surface area contributed by atoms with Crippen LogP contribution in [0, 0.1) is 12.7 Å². The first-order chi connectivity index (χ1) is 10.1. The Morgan fingerprint density at radius 2 is 2.00 bits per heavy atom. The molecule has 2 fully saturated rings. The minimum atomic E-state index is -0.116. The average molecular weight is 292 g/mol. The highest BCUT2D eigenvalue weighted by Gasteiger charge is 2.34. The van der Waals surface area contributed by atoms with Gasteiger partial charge in [-0.15, -0.1) is 0 Å². The van der Waals surface area contributed by atoms with E-state index in [4.69, 9.17) is 4.74 Å². The number of nitrogens with one attached hydrogen (secondary N) is 1. The molecular weight excluding hydrogens is 267 g/mol. The Labute approximate surface area is 126 Å². The molecule has 21 heavy (non-hydrogen) atoms. The summed E-state index contributed by atoms with van der Waals surface area (Å²) in [5.41, 5.74) is 2.94. The molecule has 1 aromatic rings. The predicted molar refractivity (Wildman–Crippen MR) is 83.3 cm³/mol. The maximum atomic E-state index is 14.0. The lowest BCUT2D eigenvalue weighted by molar-refractivity contribution is 0.0304. The molecule has 0 saturated carbocycles. The largest absolute Gasteiger partial charge is 0.371 e. The van der Waals surface area contributed by atoms with Crippen LogP contribution < -0.4 is 10.2 Å². The molecule has 2 heterocycles. The Balaban J connectivity index is 1.94. The first kappa shape index (κ1) is 14.8. The fourth-order valence-corrected chi connectivity index (χ4v) is 3.53. The summed E-state index contributed by atoms with van der Waals surface area (Å²) >= 11 is 0. The highest BCUT2D eigenvalue weighted by molar-refractivity contribution is 5.57. The number of anilines is 1. The van der Waals surface area contributed by atoms with Gasteiger partial charge in [0.1, 0.15) is 5.82 Å². The third-order valence-corrected chi connectivity index (χ3v) is 4.67. The number of halogens is 1. The summed E-state index contributed by atoms with van der Waals surface area (Å²) in [6.45, 7) is 8.75. The topological polar surface area (TPSA) is 24.5 Å². The van der Waals surface area contributed by atoms with Crippen molar-refractivity contribution in [1.29, 1.82) is 0 Å². The normalized spacial score (nSPS) is 26.2. The van der Waals surface area contributed by atoms with E-state index in [2.05, 4.69) is 24.1 Å². The van der Waals surface area contributed by atoms with Crippen LogP contribution in [0.4, 0.5) is 10.1 Å². The first-order valence-corrected chi connectivity index (χ1v) is 8.02. The van der Waals surface area contributed by atoms with Crippen molar-refractivity contribution in [1.82, 2.24) is 5.32 Å². The molecule has 116 valence electrons. The lowest BCUT2D eigenvalue weighted by Gasteiger charge is -2.36. The van der Waals surface area contributed by atoms with Crippen molar-refractivity contribution >= 4 is 5.69 Å². The Morgan fingerprint density at radius 1 is 1.33 bits per heavy atom. The minimum Gasteiger partial charge on any atom is -0.371 e. The average Bonchev–Trinajstić information content (AvgIpc) is 2.80. The number of rotatable bonds is 4. The molecule has 3 nitrogen and oxygen atoms in total. The first-order valence-electron chi connectivity index (χ1n) is 8.02. The van der Waals surface area contributed by atoms with E-state index in [0.717, 1.165) is 43.6 Å². The van der Waals surface area contributed by atoms with Gasteiger partial charge in [-0.1, -0.05) is 6.92 Å². The Morgan fingerprint density at radius 3 is 2.62 bits per heavy atom. The van der Waals surface area contributed by atoms with Gasteiger partial charge in [-0.05, 0) is 56.5 Å². The van der Waals surface area contributed by atoms with Gasteiger partial charge in [-0.2, -0.15) is 0 Å². The standard InChI is InChI=1S/C17H25FN2O/c1-4-19-12(3)15-8-16(18)11(2)7-17(15)20-9-13-5-6-14(10-20)21-13/h7-8,12-14,19H,4-6,9-10H2,1-3H3. The van der Waals surface area contributed by atoms with E-state index >= 15 is 0 Å². The molecule has 4 heteroatoms. The number of morpholine rings is 1. The number of nitrogens with zero attached hydrogens (tertiary/aromatic N) is 1. The maximum Gasteiger partial charge on any atom is 0.126 e. The number of aryl methyl sites for hydroxylation is 1. The van der Waals surface area contributed by atoms with E-state index in [1.807, 2.05) is 13.0 Å². The Bertz CT molecular complexity index is 508. The maximum absolute atomic E-state index is 14.0. The van der Waals surface area contributed by atoms with Gasteiger partial charge in [-0.25, -0.2) is 4.39 Å². The molecular formula is C17H25FN2O. The molecule has 2 aliphatic rings. The van der Waals surface area contributed by atoms with Crippen LogP contribution in [0.5, 0.6) is 0 Å². The number of hydrogen-bond donors (Lipinski definition) is 1.